The summed E-state index contributed by atoms with van der Waals surface area (Å²) in [6.07, 6.45) is 2.19. The zero-order valence-corrected chi connectivity index (χ0v) is 12.0. The number of amides is 1. The normalized spacial score (nSPS) is 12.1. The molecular weight excluding hydrogens is 272 g/mol. The maximum atomic E-state index is 11.8. The van der Waals surface area contributed by atoms with Crippen LogP contribution in [0.4, 0.5) is 0 Å². The van der Waals surface area contributed by atoms with Gasteiger partial charge < -0.3 is 19.8 Å². The van der Waals surface area contributed by atoms with E-state index in [9.17, 15) is 9.59 Å². The number of hydrogen-bond donors (Lipinski definition) is 2. The van der Waals surface area contributed by atoms with Gasteiger partial charge in [0, 0.05) is 30.6 Å². The Morgan fingerprint density at radius 3 is 2.76 bits per heavy atom. The van der Waals surface area contributed by atoms with Crippen LogP contribution in [0.5, 0.6) is 0 Å². The van der Waals surface area contributed by atoms with Gasteiger partial charge in [-0.2, -0.15) is 0 Å². The van der Waals surface area contributed by atoms with Crippen LogP contribution < -0.4 is 5.32 Å². The molecule has 2 aromatic rings. The second-order valence-corrected chi connectivity index (χ2v) is 4.64. The Balaban J connectivity index is 2.18. The van der Waals surface area contributed by atoms with Crippen LogP contribution in [0, 0.1) is 0 Å². The highest BCUT2D eigenvalue weighted by Gasteiger charge is 2.23. The zero-order chi connectivity index (χ0) is 15.2. The first-order valence-electron chi connectivity index (χ1n) is 6.56. The number of carbonyl (C=O) groups excluding carboxylic acids is 2. The van der Waals surface area contributed by atoms with Gasteiger partial charge in [0.1, 0.15) is 12.6 Å². The highest BCUT2D eigenvalue weighted by Crippen LogP contribution is 2.19. The summed E-state index contributed by atoms with van der Waals surface area (Å²) in [4.78, 5) is 26.6. The number of aromatic nitrogens is 1. The molecule has 0 saturated carbocycles. The predicted molar refractivity (Wildman–Crippen MR) is 77.8 cm³/mol. The predicted octanol–water partition coefficient (Wildman–Crippen LogP) is 1.01. The minimum Gasteiger partial charge on any atom is -0.467 e. The Labute approximate surface area is 122 Å². The molecule has 2 rings (SSSR count). The van der Waals surface area contributed by atoms with E-state index in [1.807, 2.05) is 30.5 Å². The molecule has 0 bridgehead atoms. The van der Waals surface area contributed by atoms with Crippen molar-refractivity contribution in [3.8, 4) is 0 Å². The van der Waals surface area contributed by atoms with E-state index < -0.39 is 12.0 Å². The standard InChI is InChI=1S/C15H18N2O4/c1-20-9-14(18)17-13(15(19)21-2)7-10-8-16-12-6-4-3-5-11(10)12/h3-6,8,13,16H,7,9H2,1-2H3,(H,17,18). The third-order valence-electron chi connectivity index (χ3n) is 3.20. The smallest absolute Gasteiger partial charge is 0.328 e. The van der Waals surface area contributed by atoms with Crippen LogP contribution in [0.1, 0.15) is 5.56 Å². The number of benzene rings is 1. The first-order valence-corrected chi connectivity index (χ1v) is 6.56. The summed E-state index contributed by atoms with van der Waals surface area (Å²) >= 11 is 0. The lowest BCUT2D eigenvalue weighted by molar-refractivity contribution is -0.145. The third-order valence-corrected chi connectivity index (χ3v) is 3.20. The van der Waals surface area contributed by atoms with Gasteiger partial charge in [0.25, 0.3) is 0 Å². The number of ether oxygens (including phenoxy) is 2. The van der Waals surface area contributed by atoms with Crippen LogP contribution in [0.25, 0.3) is 10.9 Å². The summed E-state index contributed by atoms with van der Waals surface area (Å²) in [5.74, 6) is -0.836. The van der Waals surface area contributed by atoms with Crippen molar-refractivity contribution in [2.75, 3.05) is 20.8 Å². The van der Waals surface area contributed by atoms with Crippen molar-refractivity contribution in [1.29, 1.82) is 0 Å². The van der Waals surface area contributed by atoms with E-state index in [0.29, 0.717) is 6.42 Å². The lowest BCUT2D eigenvalue weighted by Gasteiger charge is -2.16. The van der Waals surface area contributed by atoms with Crippen molar-refractivity contribution in [3.05, 3.63) is 36.0 Å². The van der Waals surface area contributed by atoms with Gasteiger partial charge in [-0.05, 0) is 11.6 Å². The number of para-hydroxylation sites is 1. The molecule has 6 nitrogen and oxygen atoms in total. The van der Waals surface area contributed by atoms with Gasteiger partial charge in [-0.1, -0.05) is 18.2 Å². The SMILES string of the molecule is COCC(=O)NC(Cc1c[nH]c2ccccc12)C(=O)OC. The maximum Gasteiger partial charge on any atom is 0.328 e. The molecule has 1 amide bonds. The van der Waals surface area contributed by atoms with Crippen LogP contribution in [-0.2, 0) is 25.5 Å². The van der Waals surface area contributed by atoms with Crippen molar-refractivity contribution in [3.63, 3.8) is 0 Å². The van der Waals surface area contributed by atoms with Crippen molar-refractivity contribution in [2.24, 2.45) is 0 Å². The largest absolute Gasteiger partial charge is 0.467 e. The van der Waals surface area contributed by atoms with E-state index in [2.05, 4.69) is 10.3 Å². The number of methoxy groups -OCH3 is 2. The lowest BCUT2D eigenvalue weighted by Crippen LogP contribution is -2.44. The average molecular weight is 290 g/mol. The minimum atomic E-state index is -0.739. The van der Waals surface area contributed by atoms with Gasteiger partial charge in [-0.25, -0.2) is 4.79 Å². The summed E-state index contributed by atoms with van der Waals surface area (Å²) in [5, 5.41) is 3.64. The van der Waals surface area contributed by atoms with Gasteiger partial charge in [0.15, 0.2) is 0 Å². The van der Waals surface area contributed by atoms with Crippen molar-refractivity contribution in [2.45, 2.75) is 12.5 Å². The fourth-order valence-electron chi connectivity index (χ4n) is 2.22. The zero-order valence-electron chi connectivity index (χ0n) is 12.0. The molecule has 1 heterocycles. The van der Waals surface area contributed by atoms with Crippen molar-refractivity contribution < 1.29 is 19.1 Å². The molecule has 1 aromatic carbocycles. The van der Waals surface area contributed by atoms with Gasteiger partial charge in [-0.15, -0.1) is 0 Å². The molecule has 0 spiro atoms. The Bertz CT molecular complexity index is 635. The molecule has 0 aliphatic carbocycles. The molecular formula is C15H18N2O4. The first-order chi connectivity index (χ1) is 10.2. The fraction of sp³-hybridized carbons (Fsp3) is 0.333. The van der Waals surface area contributed by atoms with E-state index in [-0.39, 0.29) is 12.5 Å². The second kappa shape index (κ2) is 6.90. The molecule has 1 unspecified atom stereocenters. The summed E-state index contributed by atoms with van der Waals surface area (Å²) in [7, 11) is 2.72. The molecule has 21 heavy (non-hydrogen) atoms. The molecule has 0 fully saturated rings. The van der Waals surface area contributed by atoms with E-state index in [0.717, 1.165) is 16.5 Å². The molecule has 2 N–H and O–H groups in total. The highest BCUT2D eigenvalue weighted by molar-refractivity contribution is 5.87. The van der Waals surface area contributed by atoms with Crippen LogP contribution in [0.3, 0.4) is 0 Å². The van der Waals surface area contributed by atoms with E-state index >= 15 is 0 Å². The monoisotopic (exact) mass is 290 g/mol. The number of fused-ring (bicyclic) bond motifs is 1. The Morgan fingerprint density at radius 1 is 1.29 bits per heavy atom. The Hall–Kier alpha value is -2.34. The number of H-pyrrole nitrogens is 1. The highest BCUT2D eigenvalue weighted by atomic mass is 16.5. The molecule has 1 aromatic heterocycles. The van der Waals surface area contributed by atoms with Gasteiger partial charge in [-0.3, -0.25) is 4.79 Å². The fourth-order valence-corrected chi connectivity index (χ4v) is 2.22. The van der Waals surface area contributed by atoms with Crippen molar-refractivity contribution >= 4 is 22.8 Å². The molecule has 112 valence electrons. The number of rotatable bonds is 6. The minimum absolute atomic E-state index is 0.0959. The number of nitrogens with one attached hydrogen (secondary N) is 2. The molecule has 6 heteroatoms. The molecule has 0 saturated heterocycles. The lowest BCUT2D eigenvalue weighted by atomic mass is 10.0. The number of esters is 1. The summed E-state index contributed by atoms with van der Waals surface area (Å²) in [6.45, 7) is -0.0959. The van der Waals surface area contributed by atoms with Crippen LogP contribution >= 0.6 is 0 Å². The van der Waals surface area contributed by atoms with Crippen molar-refractivity contribution in [1.82, 2.24) is 10.3 Å². The van der Waals surface area contributed by atoms with E-state index in [1.165, 1.54) is 14.2 Å². The van der Waals surface area contributed by atoms with E-state index in [1.54, 1.807) is 0 Å². The van der Waals surface area contributed by atoms with Crippen LogP contribution in [-0.4, -0.2) is 43.7 Å². The molecule has 0 radical (unpaired) electrons. The van der Waals surface area contributed by atoms with Gasteiger partial charge in [0.05, 0.1) is 7.11 Å². The molecule has 0 aliphatic heterocycles. The van der Waals surface area contributed by atoms with Crippen LogP contribution in [0.15, 0.2) is 30.5 Å². The number of aromatic amines is 1. The molecule has 1 atom stereocenters. The van der Waals surface area contributed by atoms with E-state index in [4.69, 9.17) is 9.47 Å². The second-order valence-electron chi connectivity index (χ2n) is 4.64. The summed E-state index contributed by atoms with van der Waals surface area (Å²) < 4.78 is 9.50. The average Bonchev–Trinajstić information content (AvgIpc) is 2.89. The van der Waals surface area contributed by atoms with Crippen LogP contribution in [0.2, 0.25) is 0 Å². The van der Waals surface area contributed by atoms with Gasteiger partial charge >= 0.3 is 5.97 Å². The number of hydrogen-bond acceptors (Lipinski definition) is 4. The van der Waals surface area contributed by atoms with Gasteiger partial charge in [0.2, 0.25) is 5.91 Å². The Kier molecular flexibility index (Phi) is 4.94. The molecule has 0 aliphatic rings. The maximum absolute atomic E-state index is 11.8. The number of carbonyl (C=O) groups is 2. The Morgan fingerprint density at radius 2 is 2.05 bits per heavy atom. The first kappa shape index (κ1) is 15.1. The third kappa shape index (κ3) is 3.61. The summed E-state index contributed by atoms with van der Waals surface area (Å²) in [5.41, 5.74) is 1.93. The summed E-state index contributed by atoms with van der Waals surface area (Å²) in [6, 6.07) is 7.04. The topological polar surface area (TPSA) is 80.4 Å². The quantitative estimate of drug-likeness (QED) is 0.778.